The van der Waals surface area contributed by atoms with Crippen LogP contribution in [0.3, 0.4) is 0 Å². The zero-order valence-electron chi connectivity index (χ0n) is 15.7. The molecule has 29 heavy (non-hydrogen) atoms. The van der Waals surface area contributed by atoms with E-state index in [1.54, 1.807) is 36.8 Å². The highest BCUT2D eigenvalue weighted by Gasteiger charge is 2.28. The standard InChI is InChI=1S/C22H20N4O3/c27-20-8-9-21(28)26(20)14-16-4-6-18(7-5-16)22(29)24-19-3-1-2-17(12-19)13-25-11-10-23-15-25/h1-7,10-12,15H,8-9,13-14H2,(H,24,29). The van der Waals surface area contributed by atoms with Crippen LogP contribution in [0.15, 0.2) is 67.3 Å². The predicted molar refractivity (Wildman–Crippen MR) is 107 cm³/mol. The van der Waals surface area contributed by atoms with Gasteiger partial charge in [0.1, 0.15) is 0 Å². The van der Waals surface area contributed by atoms with Crippen LogP contribution in [0.4, 0.5) is 5.69 Å². The Morgan fingerprint density at radius 1 is 0.966 bits per heavy atom. The summed E-state index contributed by atoms with van der Waals surface area (Å²) in [6, 6.07) is 14.6. The van der Waals surface area contributed by atoms with Gasteiger partial charge in [-0.25, -0.2) is 4.98 Å². The summed E-state index contributed by atoms with van der Waals surface area (Å²) in [5.74, 6) is -0.510. The number of carbonyl (C=O) groups is 3. The minimum Gasteiger partial charge on any atom is -0.333 e. The molecule has 0 unspecified atom stereocenters. The van der Waals surface area contributed by atoms with Gasteiger partial charge in [0.05, 0.1) is 12.9 Å². The molecule has 1 aromatic heterocycles. The van der Waals surface area contributed by atoms with Crippen LogP contribution in [0.2, 0.25) is 0 Å². The third kappa shape index (κ3) is 4.40. The number of imidazole rings is 1. The zero-order valence-corrected chi connectivity index (χ0v) is 15.7. The fraction of sp³-hybridized carbons (Fsp3) is 0.182. The van der Waals surface area contributed by atoms with E-state index in [1.807, 2.05) is 35.0 Å². The Labute approximate surface area is 168 Å². The Bertz CT molecular complexity index is 1030. The van der Waals surface area contributed by atoms with Gasteiger partial charge in [-0.05, 0) is 35.4 Å². The van der Waals surface area contributed by atoms with Gasteiger partial charge in [0.25, 0.3) is 5.91 Å². The summed E-state index contributed by atoms with van der Waals surface area (Å²) in [5, 5.41) is 2.90. The highest BCUT2D eigenvalue weighted by atomic mass is 16.2. The summed E-state index contributed by atoms with van der Waals surface area (Å²) in [5.41, 5.74) is 3.08. The summed E-state index contributed by atoms with van der Waals surface area (Å²) in [4.78, 5) is 41.3. The van der Waals surface area contributed by atoms with Gasteiger partial charge < -0.3 is 9.88 Å². The largest absolute Gasteiger partial charge is 0.333 e. The summed E-state index contributed by atoms with van der Waals surface area (Å²) in [6.45, 7) is 0.919. The summed E-state index contributed by atoms with van der Waals surface area (Å²) in [7, 11) is 0. The molecular weight excluding hydrogens is 368 g/mol. The van der Waals surface area contributed by atoms with Crippen molar-refractivity contribution in [3.63, 3.8) is 0 Å². The van der Waals surface area contributed by atoms with E-state index in [9.17, 15) is 14.4 Å². The first kappa shape index (κ1) is 18.6. The molecule has 7 nitrogen and oxygen atoms in total. The number of hydrogen-bond donors (Lipinski definition) is 1. The highest BCUT2D eigenvalue weighted by Crippen LogP contribution is 2.17. The molecule has 2 aromatic carbocycles. The van der Waals surface area contributed by atoms with Crippen molar-refractivity contribution in [1.82, 2.24) is 14.5 Å². The Balaban J connectivity index is 1.39. The minimum atomic E-state index is -0.218. The monoisotopic (exact) mass is 388 g/mol. The lowest BCUT2D eigenvalue weighted by molar-refractivity contribution is -0.139. The molecule has 1 saturated heterocycles. The van der Waals surface area contributed by atoms with Gasteiger partial charge in [-0.2, -0.15) is 0 Å². The topological polar surface area (TPSA) is 84.3 Å². The van der Waals surface area contributed by atoms with Crippen LogP contribution >= 0.6 is 0 Å². The number of rotatable bonds is 6. The van der Waals surface area contributed by atoms with Crippen molar-refractivity contribution in [3.8, 4) is 0 Å². The lowest BCUT2D eigenvalue weighted by Gasteiger charge is -2.14. The number of nitrogens with one attached hydrogen (secondary N) is 1. The number of nitrogens with zero attached hydrogens (tertiary/aromatic N) is 3. The van der Waals surface area contributed by atoms with E-state index >= 15 is 0 Å². The van der Waals surface area contributed by atoms with Crippen molar-refractivity contribution in [2.45, 2.75) is 25.9 Å². The molecule has 4 rings (SSSR count). The quantitative estimate of drug-likeness (QED) is 0.658. The minimum absolute atomic E-state index is 0.146. The second kappa shape index (κ2) is 8.10. The smallest absolute Gasteiger partial charge is 0.255 e. The first-order valence-electron chi connectivity index (χ1n) is 9.37. The maximum Gasteiger partial charge on any atom is 0.255 e. The summed E-state index contributed by atoms with van der Waals surface area (Å²) >= 11 is 0. The third-order valence-corrected chi connectivity index (χ3v) is 4.82. The van der Waals surface area contributed by atoms with Crippen molar-refractivity contribution >= 4 is 23.4 Å². The van der Waals surface area contributed by atoms with Gasteiger partial charge in [0, 0.05) is 43.0 Å². The molecule has 1 N–H and O–H groups in total. The van der Waals surface area contributed by atoms with Gasteiger partial charge in [-0.1, -0.05) is 24.3 Å². The number of amides is 3. The molecule has 0 bridgehead atoms. The molecule has 0 aliphatic carbocycles. The van der Waals surface area contributed by atoms with Crippen LogP contribution in [0.1, 0.15) is 34.3 Å². The van der Waals surface area contributed by atoms with Crippen LogP contribution in [-0.2, 0) is 22.7 Å². The van der Waals surface area contributed by atoms with Crippen LogP contribution in [0, 0.1) is 0 Å². The molecule has 2 heterocycles. The van der Waals surface area contributed by atoms with E-state index in [0.717, 1.165) is 11.1 Å². The van der Waals surface area contributed by atoms with Gasteiger partial charge >= 0.3 is 0 Å². The highest BCUT2D eigenvalue weighted by molar-refractivity contribution is 6.04. The first-order valence-corrected chi connectivity index (χ1v) is 9.37. The van der Waals surface area contributed by atoms with Crippen molar-refractivity contribution < 1.29 is 14.4 Å². The average molecular weight is 388 g/mol. The number of likely N-dealkylation sites (tertiary alicyclic amines) is 1. The lowest BCUT2D eigenvalue weighted by atomic mass is 10.1. The number of hydrogen-bond acceptors (Lipinski definition) is 4. The Kier molecular flexibility index (Phi) is 5.20. The van der Waals surface area contributed by atoms with Crippen molar-refractivity contribution in [2.24, 2.45) is 0 Å². The van der Waals surface area contributed by atoms with Crippen molar-refractivity contribution in [1.29, 1.82) is 0 Å². The second-order valence-corrected chi connectivity index (χ2v) is 6.96. The van der Waals surface area contributed by atoms with Crippen LogP contribution in [0.25, 0.3) is 0 Å². The number of anilines is 1. The molecule has 0 atom stereocenters. The number of benzene rings is 2. The van der Waals surface area contributed by atoms with Gasteiger partial charge in [-0.15, -0.1) is 0 Å². The van der Waals surface area contributed by atoms with Crippen LogP contribution in [-0.4, -0.2) is 32.2 Å². The van der Waals surface area contributed by atoms with E-state index < -0.39 is 0 Å². The summed E-state index contributed by atoms with van der Waals surface area (Å²) in [6.07, 6.45) is 5.91. The predicted octanol–water partition coefficient (Wildman–Crippen LogP) is 2.83. The molecule has 1 fully saturated rings. The van der Waals surface area contributed by atoms with Crippen molar-refractivity contribution in [3.05, 3.63) is 83.9 Å². The van der Waals surface area contributed by atoms with Gasteiger partial charge in [0.2, 0.25) is 11.8 Å². The van der Waals surface area contributed by atoms with E-state index in [2.05, 4.69) is 10.3 Å². The normalized spacial score (nSPS) is 13.7. The third-order valence-electron chi connectivity index (χ3n) is 4.82. The molecule has 0 spiro atoms. The number of imide groups is 1. The van der Waals surface area contributed by atoms with Gasteiger partial charge in [-0.3, -0.25) is 19.3 Å². The Morgan fingerprint density at radius 2 is 1.72 bits per heavy atom. The molecular formula is C22H20N4O3. The molecule has 7 heteroatoms. The fourth-order valence-electron chi connectivity index (χ4n) is 3.29. The average Bonchev–Trinajstić information content (AvgIpc) is 3.34. The van der Waals surface area contributed by atoms with E-state index in [1.165, 1.54) is 4.90 Å². The van der Waals surface area contributed by atoms with Crippen LogP contribution < -0.4 is 5.32 Å². The second-order valence-electron chi connectivity index (χ2n) is 6.96. The first-order chi connectivity index (χ1) is 14.1. The molecule has 3 aromatic rings. The van der Waals surface area contributed by atoms with E-state index in [4.69, 9.17) is 0 Å². The molecule has 0 radical (unpaired) electrons. The molecule has 1 aliphatic heterocycles. The fourth-order valence-corrected chi connectivity index (χ4v) is 3.29. The van der Waals surface area contributed by atoms with Crippen LogP contribution in [0.5, 0.6) is 0 Å². The van der Waals surface area contributed by atoms with E-state index in [-0.39, 0.29) is 37.1 Å². The Morgan fingerprint density at radius 3 is 2.41 bits per heavy atom. The van der Waals surface area contributed by atoms with Gasteiger partial charge in [0.15, 0.2) is 0 Å². The molecule has 3 amide bonds. The molecule has 1 aliphatic rings. The Hall–Kier alpha value is -3.74. The number of carbonyl (C=O) groups excluding carboxylic acids is 3. The zero-order chi connectivity index (χ0) is 20.2. The lowest BCUT2D eigenvalue weighted by Crippen LogP contribution is -2.28. The van der Waals surface area contributed by atoms with E-state index in [0.29, 0.717) is 17.8 Å². The molecule has 0 saturated carbocycles. The number of aromatic nitrogens is 2. The summed E-state index contributed by atoms with van der Waals surface area (Å²) < 4.78 is 1.95. The maximum atomic E-state index is 12.6. The SMILES string of the molecule is O=C(Nc1cccc(Cn2ccnc2)c1)c1ccc(CN2C(=O)CCC2=O)cc1. The molecule has 146 valence electrons. The maximum absolute atomic E-state index is 12.6. The van der Waals surface area contributed by atoms with Crippen molar-refractivity contribution in [2.75, 3.05) is 5.32 Å².